The molecule has 0 rings (SSSR count). The van der Waals surface area contributed by atoms with Crippen molar-refractivity contribution < 1.29 is 52.4 Å². The summed E-state index contributed by atoms with van der Waals surface area (Å²) in [6.45, 7) is 16.7. The monoisotopic (exact) mass is 374 g/mol. The Kier molecular flexibility index (Phi) is 37.3. The van der Waals surface area contributed by atoms with Crippen LogP contribution in [0.1, 0.15) is 54.4 Å². The molecule has 6 N–H and O–H groups in total. The number of aliphatic hydroxyl groups excluding tert-OH is 6. The van der Waals surface area contributed by atoms with Gasteiger partial charge in [-0.25, -0.2) is 0 Å². The van der Waals surface area contributed by atoms with E-state index in [0.717, 1.165) is 0 Å². The molecule has 0 fully saturated rings. The second-order valence-electron chi connectivity index (χ2n) is 5.66. The second kappa shape index (κ2) is 24.7. The normalized spacial score (nSPS) is 14.6. The van der Waals surface area contributed by atoms with Gasteiger partial charge in [0.25, 0.3) is 0 Å². The minimum atomic E-state index is -0.625. The number of aliphatic hydroxyl groups is 6. The van der Waals surface area contributed by atoms with E-state index in [1.807, 2.05) is 0 Å². The second-order valence-corrected chi connectivity index (χ2v) is 5.66. The molecule has 4 atom stereocenters. The van der Waals surface area contributed by atoms with Gasteiger partial charge in [0.2, 0.25) is 0 Å². The summed E-state index contributed by atoms with van der Waals surface area (Å²) in [7, 11) is 0. The zero-order valence-corrected chi connectivity index (χ0v) is 17.0. The van der Waals surface area contributed by atoms with Gasteiger partial charge in [-0.2, -0.15) is 0 Å². The van der Waals surface area contributed by atoms with Crippen molar-refractivity contribution in [1.82, 2.24) is 0 Å². The minimum absolute atomic E-state index is 0. The Balaban J connectivity index is -0.0000000639. The fraction of sp³-hybridized carbons (Fsp3) is 0.875. The van der Waals surface area contributed by atoms with E-state index in [4.69, 9.17) is 30.6 Å². The van der Waals surface area contributed by atoms with Crippen LogP contribution in [0.5, 0.6) is 0 Å². The zero-order chi connectivity index (χ0) is 18.9. The minimum Gasteiger partial charge on any atom is -0.425 e. The van der Waals surface area contributed by atoms with Gasteiger partial charge in [0.15, 0.2) is 0 Å². The summed E-state index contributed by atoms with van der Waals surface area (Å²) in [4.78, 5) is 0. The van der Waals surface area contributed by atoms with Crippen molar-refractivity contribution in [2.75, 3.05) is 0 Å². The molecule has 0 aromatic rings. The molecule has 0 amide bonds. The van der Waals surface area contributed by atoms with Crippen LogP contribution in [-0.4, -0.2) is 67.3 Å². The standard InChI is InChI=1S/2C5H11O2.2C3H8O.Ti/c2*1-4(6)3-5(2)7;2*1-3(2)4;/h2*4-7H,1,3H2,2H3;2*3-4H,1-2H3;/q2*-1;;;+2. The summed E-state index contributed by atoms with van der Waals surface area (Å²) < 4.78 is 0. The quantitative estimate of drug-likeness (QED) is 0.318. The van der Waals surface area contributed by atoms with E-state index in [-0.39, 0.29) is 33.9 Å². The first-order chi connectivity index (χ1) is 9.72. The van der Waals surface area contributed by atoms with Crippen molar-refractivity contribution in [1.29, 1.82) is 0 Å². The van der Waals surface area contributed by atoms with Crippen molar-refractivity contribution in [3.05, 3.63) is 13.8 Å². The molecule has 0 heterocycles. The van der Waals surface area contributed by atoms with E-state index >= 15 is 0 Å². The van der Waals surface area contributed by atoms with Crippen LogP contribution in [0, 0.1) is 13.8 Å². The Labute approximate surface area is 157 Å². The molecule has 0 saturated carbocycles. The molecule has 142 valence electrons. The van der Waals surface area contributed by atoms with E-state index in [1.54, 1.807) is 41.5 Å². The molecule has 0 spiro atoms. The SMILES string of the molecule is CC(C)O.CC(C)O.[CH2-]C(O)CC(C)O.[CH2-]C(O)CC(C)O.[Ti+2]. The Morgan fingerprint density at radius 3 is 0.696 bits per heavy atom. The van der Waals surface area contributed by atoms with Crippen molar-refractivity contribution in [2.45, 2.75) is 91.0 Å². The smallest absolute Gasteiger partial charge is 0.425 e. The van der Waals surface area contributed by atoms with Crippen LogP contribution in [0.4, 0.5) is 0 Å². The van der Waals surface area contributed by atoms with E-state index in [0.29, 0.717) is 12.8 Å². The van der Waals surface area contributed by atoms with Crippen LogP contribution >= 0.6 is 0 Å². The predicted molar refractivity (Wildman–Crippen MR) is 90.0 cm³/mol. The average Bonchev–Trinajstić information content (AvgIpc) is 2.10. The fourth-order valence-electron chi connectivity index (χ4n) is 0.788. The maximum absolute atomic E-state index is 8.52. The van der Waals surface area contributed by atoms with Gasteiger partial charge in [0, 0.05) is 12.2 Å². The Morgan fingerprint density at radius 1 is 0.565 bits per heavy atom. The van der Waals surface area contributed by atoms with Gasteiger partial charge in [-0.3, -0.25) is 0 Å². The third-order valence-electron chi connectivity index (χ3n) is 1.23. The summed E-state index contributed by atoms with van der Waals surface area (Å²) in [6.07, 6.45) is -1.74. The van der Waals surface area contributed by atoms with Crippen LogP contribution in [-0.2, 0) is 21.7 Å². The molecule has 0 saturated heterocycles. The third kappa shape index (κ3) is 131. The van der Waals surface area contributed by atoms with Gasteiger partial charge in [0.05, 0.1) is 12.2 Å². The molecule has 7 heteroatoms. The molecule has 0 aliphatic rings. The molecule has 0 radical (unpaired) electrons. The van der Waals surface area contributed by atoms with Crippen molar-refractivity contribution in [3.63, 3.8) is 0 Å². The third-order valence-corrected chi connectivity index (χ3v) is 1.23. The van der Waals surface area contributed by atoms with Gasteiger partial charge in [-0.15, -0.1) is 0 Å². The zero-order valence-electron chi connectivity index (χ0n) is 15.5. The molecular formula is C16H38O6Ti. The van der Waals surface area contributed by atoms with Crippen LogP contribution in [0.25, 0.3) is 0 Å². The van der Waals surface area contributed by atoms with Crippen LogP contribution in [0.3, 0.4) is 0 Å². The fourth-order valence-corrected chi connectivity index (χ4v) is 0.788. The predicted octanol–water partition coefficient (Wildman–Crippen LogP) is 0.676. The first kappa shape index (κ1) is 34.7. The topological polar surface area (TPSA) is 121 Å². The molecule has 0 aromatic heterocycles. The van der Waals surface area contributed by atoms with Gasteiger partial charge < -0.3 is 44.5 Å². The molecule has 0 aliphatic heterocycles. The van der Waals surface area contributed by atoms with Gasteiger partial charge in [0.1, 0.15) is 0 Å². The summed E-state index contributed by atoms with van der Waals surface area (Å²) in [5.74, 6) is 0. The van der Waals surface area contributed by atoms with Crippen molar-refractivity contribution >= 4 is 0 Å². The van der Waals surface area contributed by atoms with E-state index in [9.17, 15) is 0 Å². The maximum Gasteiger partial charge on any atom is 2.00 e. The summed E-state index contributed by atoms with van der Waals surface area (Å²) in [6, 6.07) is 0. The maximum atomic E-state index is 8.52. The van der Waals surface area contributed by atoms with E-state index in [2.05, 4.69) is 13.8 Å². The van der Waals surface area contributed by atoms with Crippen molar-refractivity contribution in [2.24, 2.45) is 0 Å². The molecular weight excluding hydrogens is 336 g/mol. The van der Waals surface area contributed by atoms with Crippen LogP contribution in [0.15, 0.2) is 0 Å². The molecule has 0 aliphatic carbocycles. The van der Waals surface area contributed by atoms with Crippen LogP contribution in [0.2, 0.25) is 0 Å². The summed E-state index contributed by atoms with van der Waals surface area (Å²) >= 11 is 0. The van der Waals surface area contributed by atoms with Gasteiger partial charge >= 0.3 is 21.7 Å². The van der Waals surface area contributed by atoms with Crippen molar-refractivity contribution in [3.8, 4) is 0 Å². The average molecular weight is 374 g/mol. The first-order valence-electron chi connectivity index (χ1n) is 7.46. The Hall–Kier alpha value is 0.474. The molecule has 23 heavy (non-hydrogen) atoms. The van der Waals surface area contributed by atoms with E-state index in [1.165, 1.54) is 0 Å². The largest absolute Gasteiger partial charge is 2.00 e. The first-order valence-corrected chi connectivity index (χ1v) is 7.46. The number of rotatable bonds is 4. The number of hydrogen-bond donors (Lipinski definition) is 6. The summed E-state index contributed by atoms with van der Waals surface area (Å²) in [5, 5.41) is 50.1. The van der Waals surface area contributed by atoms with Gasteiger partial charge in [-0.1, -0.05) is 12.2 Å². The Morgan fingerprint density at radius 2 is 0.696 bits per heavy atom. The molecule has 4 unspecified atom stereocenters. The molecule has 0 aromatic carbocycles. The van der Waals surface area contributed by atoms with Gasteiger partial charge in [-0.05, 0) is 54.4 Å². The summed E-state index contributed by atoms with van der Waals surface area (Å²) in [5.41, 5.74) is 0. The number of hydrogen-bond acceptors (Lipinski definition) is 6. The molecule has 6 nitrogen and oxygen atoms in total. The molecule has 0 bridgehead atoms. The Bertz CT molecular complexity index is 148. The van der Waals surface area contributed by atoms with E-state index < -0.39 is 24.4 Å². The van der Waals surface area contributed by atoms with Crippen LogP contribution < -0.4 is 0 Å².